The van der Waals surface area contributed by atoms with Crippen LogP contribution in [-0.2, 0) is 0 Å². The number of rotatable bonds is 3. The number of hydrogen-bond donors (Lipinski definition) is 1. The van der Waals surface area contributed by atoms with Crippen molar-refractivity contribution >= 4 is 45.0 Å². The van der Waals surface area contributed by atoms with Gasteiger partial charge in [-0.3, -0.25) is 10.1 Å². The third-order valence-corrected chi connectivity index (χ3v) is 5.47. The second kappa shape index (κ2) is 7.03. The van der Waals surface area contributed by atoms with Crippen molar-refractivity contribution in [3.05, 3.63) is 67.6 Å². The van der Waals surface area contributed by atoms with Crippen molar-refractivity contribution < 1.29 is 4.79 Å². The molecule has 2 aromatic carbocycles. The summed E-state index contributed by atoms with van der Waals surface area (Å²) >= 11 is 3.62. The maximum Gasteiger partial charge on any atom is 0.258 e. The third kappa shape index (κ3) is 3.52. The molecule has 3 rings (SSSR count). The van der Waals surface area contributed by atoms with Crippen molar-refractivity contribution in [1.29, 1.82) is 0 Å². The van der Waals surface area contributed by atoms with Gasteiger partial charge in [-0.15, -0.1) is 11.3 Å². The zero-order valence-corrected chi connectivity index (χ0v) is 16.7. The van der Waals surface area contributed by atoms with E-state index in [9.17, 15) is 4.79 Å². The van der Waals surface area contributed by atoms with Gasteiger partial charge in [-0.05, 0) is 66.6 Å². The summed E-state index contributed by atoms with van der Waals surface area (Å²) in [6.45, 7) is 6.29. The molecule has 0 saturated heterocycles. The molecule has 1 N–H and O–H groups in total. The number of carbonyl (C=O) groups excluding carboxylic acids is 1. The quantitative estimate of drug-likeness (QED) is 0.531. The van der Waals surface area contributed by atoms with Gasteiger partial charge in [0, 0.05) is 14.5 Å². The van der Waals surface area contributed by atoms with E-state index in [2.05, 4.69) is 65.8 Å². The monoisotopic (exact) mass is 448 g/mol. The number of carbonyl (C=O) groups is 1. The Morgan fingerprint density at radius 2 is 1.79 bits per heavy atom. The molecule has 0 saturated carbocycles. The zero-order valence-electron chi connectivity index (χ0n) is 13.7. The summed E-state index contributed by atoms with van der Waals surface area (Å²) in [6.07, 6.45) is 0. The first kappa shape index (κ1) is 17.1. The number of amides is 1. The Kier molecular flexibility index (Phi) is 5.01. The van der Waals surface area contributed by atoms with Crippen LogP contribution in [0.4, 0.5) is 5.13 Å². The number of thiazole rings is 1. The number of benzene rings is 2. The highest BCUT2D eigenvalue weighted by molar-refractivity contribution is 14.1. The predicted molar refractivity (Wildman–Crippen MR) is 109 cm³/mol. The van der Waals surface area contributed by atoms with Gasteiger partial charge in [-0.2, -0.15) is 0 Å². The van der Waals surface area contributed by atoms with Gasteiger partial charge in [0.15, 0.2) is 5.13 Å². The second-order valence-electron chi connectivity index (χ2n) is 5.75. The van der Waals surface area contributed by atoms with E-state index in [1.165, 1.54) is 28.0 Å². The lowest BCUT2D eigenvalue weighted by Crippen LogP contribution is -2.13. The van der Waals surface area contributed by atoms with E-state index in [1.54, 1.807) is 0 Å². The van der Waals surface area contributed by atoms with Crippen molar-refractivity contribution in [3.63, 3.8) is 0 Å². The van der Waals surface area contributed by atoms with Crippen LogP contribution in [0.1, 0.15) is 27.0 Å². The highest BCUT2D eigenvalue weighted by Crippen LogP contribution is 2.31. The molecule has 0 bridgehead atoms. The predicted octanol–water partition coefficient (Wildman–Crippen LogP) is 5.59. The Hall–Kier alpha value is -1.73. The molecule has 0 fully saturated rings. The number of hydrogen-bond acceptors (Lipinski definition) is 3. The van der Waals surface area contributed by atoms with Crippen LogP contribution in [0.5, 0.6) is 0 Å². The summed E-state index contributed by atoms with van der Waals surface area (Å²) < 4.78 is 0.926. The molecule has 0 spiro atoms. The molecule has 122 valence electrons. The summed E-state index contributed by atoms with van der Waals surface area (Å²) in [5.74, 6) is -0.127. The Morgan fingerprint density at radius 1 is 1.12 bits per heavy atom. The standard InChI is InChI=1S/C19H17IN2OS/c1-11-8-12(2)17(13(3)9-11)16-10-24-19(21-16)22-18(23)14-6-4-5-7-15(14)20/h4-10H,1-3H3,(H,21,22,23). The van der Waals surface area contributed by atoms with Gasteiger partial charge in [-0.25, -0.2) is 4.98 Å². The summed E-state index contributed by atoms with van der Waals surface area (Å²) in [6, 6.07) is 11.8. The van der Waals surface area contributed by atoms with Crippen LogP contribution < -0.4 is 5.32 Å². The largest absolute Gasteiger partial charge is 0.298 e. The van der Waals surface area contributed by atoms with E-state index < -0.39 is 0 Å². The Balaban J connectivity index is 1.87. The van der Waals surface area contributed by atoms with Crippen molar-refractivity contribution in [2.75, 3.05) is 5.32 Å². The van der Waals surface area contributed by atoms with Gasteiger partial charge in [-0.1, -0.05) is 29.8 Å². The van der Waals surface area contributed by atoms with E-state index in [0.29, 0.717) is 10.7 Å². The van der Waals surface area contributed by atoms with Gasteiger partial charge in [0.1, 0.15) is 0 Å². The topological polar surface area (TPSA) is 42.0 Å². The van der Waals surface area contributed by atoms with Crippen molar-refractivity contribution in [2.45, 2.75) is 20.8 Å². The van der Waals surface area contributed by atoms with Gasteiger partial charge >= 0.3 is 0 Å². The Bertz CT molecular complexity index is 894. The lowest BCUT2D eigenvalue weighted by atomic mass is 9.98. The molecule has 24 heavy (non-hydrogen) atoms. The molecule has 0 radical (unpaired) electrons. The Morgan fingerprint density at radius 3 is 2.46 bits per heavy atom. The summed E-state index contributed by atoms with van der Waals surface area (Å²) in [7, 11) is 0. The number of aromatic nitrogens is 1. The number of anilines is 1. The Labute approximate surface area is 159 Å². The van der Waals surface area contributed by atoms with Crippen molar-refractivity contribution in [2.24, 2.45) is 0 Å². The van der Waals surface area contributed by atoms with E-state index in [-0.39, 0.29) is 5.91 Å². The fourth-order valence-electron chi connectivity index (χ4n) is 2.84. The molecule has 0 aliphatic heterocycles. The maximum absolute atomic E-state index is 12.4. The molecule has 1 aromatic heterocycles. The number of nitrogens with zero attached hydrogens (tertiary/aromatic N) is 1. The molecule has 1 amide bonds. The molecule has 3 aromatic rings. The van der Waals surface area contributed by atoms with Gasteiger partial charge in [0.2, 0.25) is 0 Å². The maximum atomic E-state index is 12.4. The highest BCUT2D eigenvalue weighted by Gasteiger charge is 2.14. The molecular formula is C19H17IN2OS. The average molecular weight is 448 g/mol. The molecule has 3 nitrogen and oxygen atoms in total. The molecule has 1 heterocycles. The van der Waals surface area contributed by atoms with Gasteiger partial charge in [0.05, 0.1) is 11.3 Å². The average Bonchev–Trinajstić information content (AvgIpc) is 2.94. The zero-order chi connectivity index (χ0) is 17.3. The molecule has 5 heteroatoms. The number of nitrogens with one attached hydrogen (secondary N) is 1. The van der Waals surface area contributed by atoms with Crippen molar-refractivity contribution in [3.8, 4) is 11.3 Å². The van der Waals surface area contributed by atoms with Crippen LogP contribution in [0.25, 0.3) is 11.3 Å². The smallest absolute Gasteiger partial charge is 0.258 e. The number of halogens is 1. The van der Waals surface area contributed by atoms with E-state index in [1.807, 2.05) is 29.6 Å². The molecule has 0 aliphatic carbocycles. The fourth-order valence-corrected chi connectivity index (χ4v) is 4.17. The van der Waals surface area contributed by atoms with Gasteiger partial charge < -0.3 is 0 Å². The third-order valence-electron chi connectivity index (χ3n) is 3.78. The summed E-state index contributed by atoms with van der Waals surface area (Å²) in [5, 5.41) is 5.52. The lowest BCUT2D eigenvalue weighted by molar-refractivity contribution is 0.102. The lowest BCUT2D eigenvalue weighted by Gasteiger charge is -2.08. The minimum atomic E-state index is -0.127. The molecule has 0 aliphatic rings. The van der Waals surface area contributed by atoms with Crippen LogP contribution in [0.15, 0.2) is 41.8 Å². The van der Waals surface area contributed by atoms with Crippen LogP contribution in [-0.4, -0.2) is 10.9 Å². The first-order valence-corrected chi connectivity index (χ1v) is 9.51. The molecule has 0 atom stereocenters. The first-order valence-electron chi connectivity index (χ1n) is 7.55. The summed E-state index contributed by atoms with van der Waals surface area (Å²) in [4.78, 5) is 17.0. The van der Waals surface area contributed by atoms with E-state index in [0.717, 1.165) is 14.8 Å². The normalized spacial score (nSPS) is 10.7. The van der Waals surface area contributed by atoms with Crippen LogP contribution >= 0.6 is 33.9 Å². The van der Waals surface area contributed by atoms with Crippen LogP contribution in [0.2, 0.25) is 0 Å². The van der Waals surface area contributed by atoms with Crippen molar-refractivity contribution in [1.82, 2.24) is 4.98 Å². The molecular weight excluding hydrogens is 431 g/mol. The van der Waals surface area contributed by atoms with Gasteiger partial charge in [0.25, 0.3) is 5.91 Å². The molecule has 0 unspecified atom stereocenters. The van der Waals surface area contributed by atoms with E-state index in [4.69, 9.17) is 0 Å². The second-order valence-corrected chi connectivity index (χ2v) is 7.77. The SMILES string of the molecule is Cc1cc(C)c(-c2csc(NC(=O)c3ccccc3I)n2)c(C)c1. The van der Waals surface area contributed by atoms with E-state index >= 15 is 0 Å². The highest BCUT2D eigenvalue weighted by atomic mass is 127. The fraction of sp³-hybridized carbons (Fsp3) is 0.158. The van der Waals surface area contributed by atoms with Crippen LogP contribution in [0, 0.1) is 24.3 Å². The number of aryl methyl sites for hydroxylation is 3. The minimum Gasteiger partial charge on any atom is -0.298 e. The van der Waals surface area contributed by atoms with Crippen LogP contribution in [0.3, 0.4) is 0 Å². The first-order chi connectivity index (χ1) is 11.5. The summed E-state index contributed by atoms with van der Waals surface area (Å²) in [5.41, 5.74) is 6.37. The minimum absolute atomic E-state index is 0.127.